The summed E-state index contributed by atoms with van der Waals surface area (Å²) in [6.45, 7) is 4.18. The van der Waals surface area contributed by atoms with Gasteiger partial charge in [0.25, 0.3) is 0 Å². The van der Waals surface area contributed by atoms with E-state index >= 15 is 0 Å². The highest BCUT2D eigenvalue weighted by molar-refractivity contribution is 5.98. The highest BCUT2D eigenvalue weighted by Crippen LogP contribution is 2.30. The van der Waals surface area contributed by atoms with E-state index in [1.165, 1.54) is 5.56 Å². The van der Waals surface area contributed by atoms with E-state index in [1.807, 2.05) is 55.5 Å². The molecular weight excluding hydrogens is 232 g/mol. The van der Waals surface area contributed by atoms with Crippen LogP contribution in [0, 0.1) is 5.92 Å². The molecule has 0 radical (unpaired) electrons. The van der Waals surface area contributed by atoms with Crippen LogP contribution >= 0.6 is 0 Å². The Labute approximate surface area is 115 Å². The summed E-state index contributed by atoms with van der Waals surface area (Å²) in [5.41, 5.74) is 2.06. The van der Waals surface area contributed by atoms with E-state index < -0.39 is 0 Å². The van der Waals surface area contributed by atoms with Gasteiger partial charge < -0.3 is 0 Å². The van der Waals surface area contributed by atoms with Crippen LogP contribution in [0.2, 0.25) is 0 Å². The SMILES string of the molecule is CCC(c1ccccc1)C(C)C(=O)c1ccccc1. The van der Waals surface area contributed by atoms with Gasteiger partial charge in [0.15, 0.2) is 5.78 Å². The van der Waals surface area contributed by atoms with Crippen LogP contribution in [-0.2, 0) is 0 Å². The molecule has 0 aliphatic heterocycles. The van der Waals surface area contributed by atoms with Crippen LogP contribution in [0.15, 0.2) is 60.7 Å². The minimum absolute atomic E-state index is 0.00907. The Hall–Kier alpha value is -1.89. The number of rotatable bonds is 5. The summed E-state index contributed by atoms with van der Waals surface area (Å²) in [6, 6.07) is 19.9. The first-order valence-corrected chi connectivity index (χ1v) is 6.88. The first-order chi connectivity index (χ1) is 9.24. The fraction of sp³-hybridized carbons (Fsp3) is 0.278. The highest BCUT2D eigenvalue weighted by atomic mass is 16.1. The number of ketones is 1. The fourth-order valence-corrected chi connectivity index (χ4v) is 2.63. The van der Waals surface area contributed by atoms with Crippen molar-refractivity contribution in [2.45, 2.75) is 26.2 Å². The molecule has 2 rings (SSSR count). The van der Waals surface area contributed by atoms with Gasteiger partial charge >= 0.3 is 0 Å². The third kappa shape index (κ3) is 3.11. The number of hydrogen-bond acceptors (Lipinski definition) is 1. The molecule has 2 atom stereocenters. The van der Waals surface area contributed by atoms with E-state index in [0.717, 1.165) is 12.0 Å². The highest BCUT2D eigenvalue weighted by Gasteiger charge is 2.24. The summed E-state index contributed by atoms with van der Waals surface area (Å²) in [5, 5.41) is 0. The van der Waals surface area contributed by atoms with Crippen molar-refractivity contribution < 1.29 is 4.79 Å². The fourth-order valence-electron chi connectivity index (χ4n) is 2.63. The van der Waals surface area contributed by atoms with Crippen LogP contribution in [-0.4, -0.2) is 5.78 Å². The van der Waals surface area contributed by atoms with Crippen LogP contribution in [0.25, 0.3) is 0 Å². The van der Waals surface area contributed by atoms with Gasteiger partial charge in [0.1, 0.15) is 0 Å². The van der Waals surface area contributed by atoms with Crippen LogP contribution in [0.1, 0.15) is 42.1 Å². The van der Waals surface area contributed by atoms with Gasteiger partial charge in [-0.05, 0) is 17.9 Å². The molecule has 0 spiro atoms. The van der Waals surface area contributed by atoms with Crippen LogP contribution < -0.4 is 0 Å². The number of hydrogen-bond donors (Lipinski definition) is 0. The summed E-state index contributed by atoms with van der Waals surface area (Å²) in [7, 11) is 0. The van der Waals surface area contributed by atoms with Gasteiger partial charge in [-0.1, -0.05) is 74.5 Å². The van der Waals surface area contributed by atoms with Crippen molar-refractivity contribution in [1.82, 2.24) is 0 Å². The first kappa shape index (κ1) is 13.5. The monoisotopic (exact) mass is 252 g/mol. The van der Waals surface area contributed by atoms with Crippen molar-refractivity contribution >= 4 is 5.78 Å². The molecule has 0 amide bonds. The summed E-state index contributed by atoms with van der Waals surface area (Å²) >= 11 is 0. The molecule has 2 aromatic carbocycles. The molecule has 0 saturated heterocycles. The quantitative estimate of drug-likeness (QED) is 0.705. The Bertz CT molecular complexity index is 516. The summed E-state index contributed by atoms with van der Waals surface area (Å²) in [4.78, 5) is 12.5. The Balaban J connectivity index is 2.22. The molecule has 98 valence electrons. The van der Waals surface area contributed by atoms with Crippen molar-refractivity contribution in [3.63, 3.8) is 0 Å². The van der Waals surface area contributed by atoms with E-state index in [9.17, 15) is 4.79 Å². The number of Topliss-reactive ketones (excluding diaryl/α,β-unsaturated/α-hetero) is 1. The third-order valence-electron chi connectivity index (χ3n) is 3.74. The molecule has 0 fully saturated rings. The number of benzene rings is 2. The van der Waals surface area contributed by atoms with E-state index in [4.69, 9.17) is 0 Å². The second kappa shape index (κ2) is 6.33. The van der Waals surface area contributed by atoms with Gasteiger partial charge in [0.05, 0.1) is 0 Å². The van der Waals surface area contributed by atoms with Gasteiger partial charge in [-0.2, -0.15) is 0 Å². The lowest BCUT2D eigenvalue weighted by molar-refractivity contribution is 0.0910. The maximum atomic E-state index is 12.5. The number of carbonyl (C=O) groups is 1. The predicted octanol–water partition coefficient (Wildman–Crippen LogP) is 4.70. The first-order valence-electron chi connectivity index (χ1n) is 6.88. The minimum atomic E-state index is 0.00907. The minimum Gasteiger partial charge on any atom is -0.294 e. The lowest BCUT2D eigenvalue weighted by atomic mass is 9.81. The predicted molar refractivity (Wildman–Crippen MR) is 79.4 cm³/mol. The lowest BCUT2D eigenvalue weighted by Gasteiger charge is -2.22. The Kier molecular flexibility index (Phi) is 4.51. The Morgan fingerprint density at radius 2 is 1.47 bits per heavy atom. The standard InChI is InChI=1S/C18H20O/c1-3-17(15-10-6-4-7-11-15)14(2)18(19)16-12-8-5-9-13-16/h4-14,17H,3H2,1-2H3. The molecule has 2 aromatic rings. The normalized spacial score (nSPS) is 13.8. The molecule has 0 aliphatic rings. The van der Waals surface area contributed by atoms with E-state index in [-0.39, 0.29) is 17.6 Å². The third-order valence-corrected chi connectivity index (χ3v) is 3.74. The van der Waals surface area contributed by atoms with Crippen molar-refractivity contribution in [2.75, 3.05) is 0 Å². The molecule has 0 heterocycles. The maximum Gasteiger partial charge on any atom is 0.166 e. The molecule has 2 unspecified atom stereocenters. The van der Waals surface area contributed by atoms with Crippen molar-refractivity contribution in [3.8, 4) is 0 Å². The van der Waals surface area contributed by atoms with Crippen molar-refractivity contribution in [2.24, 2.45) is 5.92 Å². The molecular formula is C18H20O. The molecule has 0 aromatic heterocycles. The smallest absolute Gasteiger partial charge is 0.166 e. The van der Waals surface area contributed by atoms with Crippen LogP contribution in [0.5, 0.6) is 0 Å². The average Bonchev–Trinajstić information content (AvgIpc) is 2.49. The van der Waals surface area contributed by atoms with Crippen molar-refractivity contribution in [1.29, 1.82) is 0 Å². The van der Waals surface area contributed by atoms with Gasteiger partial charge in [-0.3, -0.25) is 4.79 Å². The molecule has 1 nitrogen and oxygen atoms in total. The Morgan fingerprint density at radius 3 is 2.00 bits per heavy atom. The van der Waals surface area contributed by atoms with Gasteiger partial charge in [0, 0.05) is 11.5 Å². The zero-order valence-electron chi connectivity index (χ0n) is 11.5. The molecule has 19 heavy (non-hydrogen) atoms. The second-order valence-electron chi connectivity index (χ2n) is 4.94. The van der Waals surface area contributed by atoms with Crippen LogP contribution in [0.4, 0.5) is 0 Å². The summed E-state index contributed by atoms with van der Waals surface area (Å²) in [6.07, 6.45) is 0.976. The topological polar surface area (TPSA) is 17.1 Å². The lowest BCUT2D eigenvalue weighted by Crippen LogP contribution is -2.19. The molecule has 1 heteroatoms. The molecule has 0 N–H and O–H groups in total. The van der Waals surface area contributed by atoms with Crippen molar-refractivity contribution in [3.05, 3.63) is 71.8 Å². The molecule has 0 saturated carbocycles. The van der Waals surface area contributed by atoms with Gasteiger partial charge in [-0.15, -0.1) is 0 Å². The largest absolute Gasteiger partial charge is 0.294 e. The average molecular weight is 252 g/mol. The summed E-state index contributed by atoms with van der Waals surface area (Å²) in [5.74, 6) is 0.528. The molecule has 0 bridgehead atoms. The van der Waals surface area contributed by atoms with Crippen LogP contribution in [0.3, 0.4) is 0 Å². The van der Waals surface area contributed by atoms with E-state index in [1.54, 1.807) is 0 Å². The van der Waals surface area contributed by atoms with E-state index in [0.29, 0.717) is 0 Å². The van der Waals surface area contributed by atoms with Gasteiger partial charge in [0.2, 0.25) is 0 Å². The van der Waals surface area contributed by atoms with E-state index in [2.05, 4.69) is 19.1 Å². The number of carbonyl (C=O) groups excluding carboxylic acids is 1. The van der Waals surface area contributed by atoms with Gasteiger partial charge in [-0.25, -0.2) is 0 Å². The Morgan fingerprint density at radius 1 is 0.947 bits per heavy atom. The zero-order valence-corrected chi connectivity index (χ0v) is 11.5. The zero-order chi connectivity index (χ0) is 13.7. The maximum absolute atomic E-state index is 12.5. The second-order valence-corrected chi connectivity index (χ2v) is 4.94. The molecule has 0 aliphatic carbocycles. The summed E-state index contributed by atoms with van der Waals surface area (Å²) < 4.78 is 0.